The molecule has 1 aliphatic rings. The van der Waals surface area contributed by atoms with Crippen molar-refractivity contribution in [3.8, 4) is 0 Å². The summed E-state index contributed by atoms with van der Waals surface area (Å²) in [4.78, 5) is 4.28. The van der Waals surface area contributed by atoms with Gasteiger partial charge in [-0.05, 0) is 11.8 Å². The first-order chi connectivity index (χ1) is 6.54. The molecule has 14 heavy (non-hydrogen) atoms. The molecule has 1 atom stereocenters. The Morgan fingerprint density at radius 1 is 1.57 bits per heavy atom. The van der Waals surface area contributed by atoms with Crippen LogP contribution in [0.25, 0.3) is 0 Å². The van der Waals surface area contributed by atoms with E-state index in [9.17, 15) is 0 Å². The highest BCUT2D eigenvalue weighted by Gasteiger charge is 2.25. The monoisotopic (exact) mass is 199 g/mol. The predicted molar refractivity (Wildman–Crippen MR) is 58.4 cm³/mol. The SMILES string of the molecule is CC(C)(C)C(CCO)NC1=NCCN1. The van der Waals surface area contributed by atoms with Crippen LogP contribution >= 0.6 is 0 Å². The number of hydrogen-bond acceptors (Lipinski definition) is 4. The van der Waals surface area contributed by atoms with Crippen molar-refractivity contribution in [2.24, 2.45) is 10.4 Å². The fraction of sp³-hybridized carbons (Fsp3) is 0.900. The Morgan fingerprint density at radius 2 is 2.29 bits per heavy atom. The van der Waals surface area contributed by atoms with E-state index in [1.165, 1.54) is 0 Å². The molecule has 0 aromatic heterocycles. The Balaban J connectivity index is 2.50. The number of aliphatic hydroxyl groups excluding tert-OH is 1. The summed E-state index contributed by atoms with van der Waals surface area (Å²) in [6.07, 6.45) is 0.754. The molecular formula is C10H21N3O. The molecule has 82 valence electrons. The number of nitrogens with one attached hydrogen (secondary N) is 2. The molecule has 0 aromatic carbocycles. The summed E-state index contributed by atoms with van der Waals surface area (Å²) in [6, 6.07) is 0.261. The van der Waals surface area contributed by atoms with Gasteiger partial charge in [0.15, 0.2) is 5.96 Å². The fourth-order valence-corrected chi connectivity index (χ4v) is 1.51. The number of aliphatic hydroxyl groups is 1. The van der Waals surface area contributed by atoms with Crippen LogP contribution in [0.2, 0.25) is 0 Å². The van der Waals surface area contributed by atoms with Crippen LogP contribution in [0.3, 0.4) is 0 Å². The standard InChI is InChI=1S/C10H21N3O/c1-10(2,3)8(4-7-14)13-9-11-5-6-12-9/h8,14H,4-7H2,1-3H3,(H2,11,12,13). The van der Waals surface area contributed by atoms with Crippen LogP contribution in [-0.4, -0.2) is 36.8 Å². The zero-order chi connectivity index (χ0) is 10.6. The maximum absolute atomic E-state index is 8.97. The molecule has 3 N–H and O–H groups in total. The van der Waals surface area contributed by atoms with Crippen molar-refractivity contribution in [3.63, 3.8) is 0 Å². The van der Waals surface area contributed by atoms with E-state index in [0.29, 0.717) is 0 Å². The summed E-state index contributed by atoms with van der Waals surface area (Å²) in [5, 5.41) is 15.5. The minimum atomic E-state index is 0.134. The molecule has 0 aliphatic carbocycles. The minimum Gasteiger partial charge on any atom is -0.396 e. The van der Waals surface area contributed by atoms with Crippen molar-refractivity contribution in [3.05, 3.63) is 0 Å². The topological polar surface area (TPSA) is 56.6 Å². The van der Waals surface area contributed by atoms with Crippen LogP contribution in [0.4, 0.5) is 0 Å². The number of rotatable bonds is 3. The summed E-state index contributed by atoms with van der Waals surface area (Å²) in [7, 11) is 0. The van der Waals surface area contributed by atoms with Crippen LogP contribution in [0, 0.1) is 5.41 Å². The zero-order valence-electron chi connectivity index (χ0n) is 9.30. The average molecular weight is 199 g/mol. The van der Waals surface area contributed by atoms with Gasteiger partial charge < -0.3 is 15.7 Å². The second-order valence-corrected chi connectivity index (χ2v) is 4.73. The Bertz CT molecular complexity index is 208. The van der Waals surface area contributed by atoms with Crippen LogP contribution in [-0.2, 0) is 0 Å². The predicted octanol–water partition coefficient (Wildman–Crippen LogP) is 0.332. The van der Waals surface area contributed by atoms with Gasteiger partial charge in [-0.15, -0.1) is 0 Å². The second-order valence-electron chi connectivity index (χ2n) is 4.73. The molecule has 0 aromatic rings. The number of hydrogen-bond donors (Lipinski definition) is 3. The van der Waals surface area contributed by atoms with Gasteiger partial charge in [-0.1, -0.05) is 20.8 Å². The quantitative estimate of drug-likeness (QED) is 0.614. The van der Waals surface area contributed by atoms with Crippen LogP contribution in [0.5, 0.6) is 0 Å². The van der Waals surface area contributed by atoms with E-state index in [4.69, 9.17) is 5.11 Å². The molecule has 4 nitrogen and oxygen atoms in total. The smallest absolute Gasteiger partial charge is 0.191 e. The molecule has 1 heterocycles. The summed E-state index contributed by atoms with van der Waals surface area (Å²) < 4.78 is 0. The van der Waals surface area contributed by atoms with Crippen molar-refractivity contribution in [1.29, 1.82) is 0 Å². The lowest BCUT2D eigenvalue weighted by molar-refractivity contribution is 0.212. The number of nitrogens with zero attached hydrogens (tertiary/aromatic N) is 1. The lowest BCUT2D eigenvalue weighted by Crippen LogP contribution is -2.47. The highest BCUT2D eigenvalue weighted by molar-refractivity contribution is 5.81. The first-order valence-corrected chi connectivity index (χ1v) is 5.20. The molecule has 0 bridgehead atoms. The Morgan fingerprint density at radius 3 is 2.71 bits per heavy atom. The van der Waals surface area contributed by atoms with Gasteiger partial charge in [0.1, 0.15) is 0 Å². The van der Waals surface area contributed by atoms with Gasteiger partial charge in [0, 0.05) is 19.2 Å². The van der Waals surface area contributed by atoms with Crippen molar-refractivity contribution >= 4 is 5.96 Å². The molecule has 0 spiro atoms. The van der Waals surface area contributed by atoms with E-state index in [2.05, 4.69) is 36.4 Å². The Kier molecular flexibility index (Phi) is 3.75. The van der Waals surface area contributed by atoms with E-state index < -0.39 is 0 Å². The Hall–Kier alpha value is -0.770. The molecule has 0 radical (unpaired) electrons. The highest BCUT2D eigenvalue weighted by Crippen LogP contribution is 2.21. The van der Waals surface area contributed by atoms with Crippen molar-refractivity contribution in [1.82, 2.24) is 10.6 Å². The van der Waals surface area contributed by atoms with Gasteiger partial charge in [-0.2, -0.15) is 0 Å². The van der Waals surface area contributed by atoms with Gasteiger partial charge >= 0.3 is 0 Å². The fourth-order valence-electron chi connectivity index (χ4n) is 1.51. The summed E-state index contributed by atoms with van der Waals surface area (Å²) in [5.74, 6) is 0.873. The molecule has 0 fully saturated rings. The van der Waals surface area contributed by atoms with Gasteiger partial charge in [-0.3, -0.25) is 4.99 Å². The normalized spacial score (nSPS) is 18.7. The van der Waals surface area contributed by atoms with Gasteiger partial charge in [0.2, 0.25) is 0 Å². The van der Waals surface area contributed by atoms with Gasteiger partial charge in [0.25, 0.3) is 0 Å². The van der Waals surface area contributed by atoms with E-state index in [1.807, 2.05) is 0 Å². The largest absolute Gasteiger partial charge is 0.396 e. The summed E-state index contributed by atoms with van der Waals surface area (Å²) in [5.41, 5.74) is 0.134. The van der Waals surface area contributed by atoms with Crippen LogP contribution in [0.1, 0.15) is 27.2 Å². The lowest BCUT2D eigenvalue weighted by atomic mass is 9.85. The van der Waals surface area contributed by atoms with Crippen molar-refractivity contribution < 1.29 is 5.11 Å². The molecule has 1 unspecified atom stereocenters. The number of aliphatic imine (C=N–C) groups is 1. The molecule has 0 saturated carbocycles. The zero-order valence-corrected chi connectivity index (χ0v) is 9.30. The summed E-state index contributed by atoms with van der Waals surface area (Å²) in [6.45, 7) is 8.46. The third kappa shape index (κ3) is 3.18. The van der Waals surface area contributed by atoms with E-state index >= 15 is 0 Å². The van der Waals surface area contributed by atoms with E-state index in [0.717, 1.165) is 25.5 Å². The summed E-state index contributed by atoms with van der Waals surface area (Å²) >= 11 is 0. The van der Waals surface area contributed by atoms with Gasteiger partial charge in [-0.25, -0.2) is 0 Å². The third-order valence-electron chi connectivity index (χ3n) is 2.45. The van der Waals surface area contributed by atoms with Gasteiger partial charge in [0.05, 0.1) is 6.54 Å². The van der Waals surface area contributed by atoms with Crippen molar-refractivity contribution in [2.75, 3.05) is 19.7 Å². The van der Waals surface area contributed by atoms with Crippen LogP contribution < -0.4 is 10.6 Å². The highest BCUT2D eigenvalue weighted by atomic mass is 16.3. The van der Waals surface area contributed by atoms with E-state index in [1.54, 1.807) is 0 Å². The molecule has 0 amide bonds. The molecular weight excluding hydrogens is 178 g/mol. The molecule has 1 rings (SSSR count). The maximum atomic E-state index is 8.97. The maximum Gasteiger partial charge on any atom is 0.191 e. The van der Waals surface area contributed by atoms with E-state index in [-0.39, 0.29) is 18.1 Å². The third-order valence-corrected chi connectivity index (χ3v) is 2.45. The minimum absolute atomic E-state index is 0.134. The molecule has 1 aliphatic heterocycles. The molecule has 4 heteroatoms. The van der Waals surface area contributed by atoms with Crippen LogP contribution in [0.15, 0.2) is 4.99 Å². The molecule has 0 saturated heterocycles. The first-order valence-electron chi connectivity index (χ1n) is 5.20. The lowest BCUT2D eigenvalue weighted by Gasteiger charge is -2.31. The first kappa shape index (κ1) is 11.3. The van der Waals surface area contributed by atoms with Crippen molar-refractivity contribution in [2.45, 2.75) is 33.2 Å². The average Bonchev–Trinajstić information content (AvgIpc) is 2.54. The number of guanidine groups is 1. The second kappa shape index (κ2) is 4.64. The Labute approximate surface area is 85.8 Å².